The van der Waals surface area contributed by atoms with E-state index in [9.17, 15) is 0 Å². The van der Waals surface area contributed by atoms with Crippen LogP contribution in [0.2, 0.25) is 0 Å². The molecule has 22 heavy (non-hydrogen) atoms. The van der Waals surface area contributed by atoms with Gasteiger partial charge in [0.1, 0.15) is 0 Å². The fraction of sp³-hybridized carbons (Fsp3) is 1.00. The van der Waals surface area contributed by atoms with E-state index >= 15 is 0 Å². The summed E-state index contributed by atoms with van der Waals surface area (Å²) in [7, 11) is 0. The third-order valence-corrected chi connectivity index (χ3v) is 5.23. The Hall–Kier alpha value is -0.120. The SMILES string of the molecule is CC.CCCCCN1CCN(C2CCN(C(C)C)CC2)CC1. The number of rotatable bonds is 6. The van der Waals surface area contributed by atoms with Crippen LogP contribution in [0, 0.1) is 0 Å². The standard InChI is InChI=1S/C17H35N3.C2H6/c1-4-5-6-9-18-12-14-20(15-13-18)17-7-10-19(11-8-17)16(2)3;1-2/h16-17H,4-15H2,1-3H3;1-2H3. The molecule has 0 saturated carbocycles. The Morgan fingerprint density at radius 2 is 1.45 bits per heavy atom. The first kappa shape index (κ1) is 19.9. The molecule has 3 heteroatoms. The Morgan fingerprint density at radius 3 is 1.95 bits per heavy atom. The molecule has 0 bridgehead atoms. The molecule has 132 valence electrons. The molecule has 0 N–H and O–H groups in total. The van der Waals surface area contributed by atoms with Gasteiger partial charge in [0.15, 0.2) is 0 Å². The van der Waals surface area contributed by atoms with Crippen LogP contribution in [0.25, 0.3) is 0 Å². The number of piperidine rings is 1. The van der Waals surface area contributed by atoms with Crippen LogP contribution in [0.4, 0.5) is 0 Å². The topological polar surface area (TPSA) is 9.72 Å². The van der Waals surface area contributed by atoms with Crippen LogP contribution < -0.4 is 0 Å². The van der Waals surface area contributed by atoms with E-state index in [1.165, 1.54) is 77.9 Å². The van der Waals surface area contributed by atoms with Gasteiger partial charge in [-0.15, -0.1) is 0 Å². The van der Waals surface area contributed by atoms with Gasteiger partial charge in [-0.3, -0.25) is 4.90 Å². The number of unbranched alkanes of at least 4 members (excludes halogenated alkanes) is 2. The lowest BCUT2D eigenvalue weighted by Gasteiger charge is -2.43. The molecule has 2 aliphatic rings. The van der Waals surface area contributed by atoms with Gasteiger partial charge >= 0.3 is 0 Å². The third-order valence-electron chi connectivity index (χ3n) is 5.23. The Kier molecular flexibility index (Phi) is 10.3. The minimum Gasteiger partial charge on any atom is -0.301 e. The van der Waals surface area contributed by atoms with Crippen LogP contribution >= 0.6 is 0 Å². The monoisotopic (exact) mass is 311 g/mol. The lowest BCUT2D eigenvalue weighted by Crippen LogP contribution is -2.53. The number of nitrogens with zero attached hydrogens (tertiary/aromatic N) is 3. The zero-order valence-electron chi connectivity index (χ0n) is 16.0. The zero-order chi connectivity index (χ0) is 16.4. The second-order valence-electron chi connectivity index (χ2n) is 6.95. The lowest BCUT2D eigenvalue weighted by molar-refractivity contribution is 0.0515. The fourth-order valence-corrected chi connectivity index (χ4v) is 3.70. The maximum atomic E-state index is 2.77. The molecule has 2 heterocycles. The van der Waals surface area contributed by atoms with Crippen LogP contribution in [0.5, 0.6) is 0 Å². The van der Waals surface area contributed by atoms with Crippen LogP contribution in [-0.4, -0.2) is 72.6 Å². The minimum atomic E-state index is 0.728. The first-order chi connectivity index (χ1) is 10.7. The lowest BCUT2D eigenvalue weighted by atomic mass is 10.0. The van der Waals surface area contributed by atoms with Crippen LogP contribution in [0.15, 0.2) is 0 Å². The number of hydrogen-bond acceptors (Lipinski definition) is 3. The summed E-state index contributed by atoms with van der Waals surface area (Å²) in [5, 5.41) is 0. The van der Waals surface area contributed by atoms with Crippen molar-refractivity contribution in [1.29, 1.82) is 0 Å². The van der Waals surface area contributed by atoms with Crippen molar-refractivity contribution in [2.24, 2.45) is 0 Å². The van der Waals surface area contributed by atoms with Crippen molar-refractivity contribution >= 4 is 0 Å². The maximum absolute atomic E-state index is 2.77. The summed E-state index contributed by atoms with van der Waals surface area (Å²) in [6, 6.07) is 1.59. The van der Waals surface area contributed by atoms with Gasteiger partial charge in [-0.2, -0.15) is 0 Å². The van der Waals surface area contributed by atoms with E-state index in [2.05, 4.69) is 35.5 Å². The van der Waals surface area contributed by atoms with E-state index in [1.54, 1.807) is 0 Å². The second-order valence-corrected chi connectivity index (χ2v) is 6.95. The summed E-state index contributed by atoms with van der Waals surface area (Å²) in [6.45, 7) is 20.1. The molecule has 2 saturated heterocycles. The Labute approximate surface area is 140 Å². The zero-order valence-corrected chi connectivity index (χ0v) is 16.0. The van der Waals surface area contributed by atoms with Gasteiger partial charge in [0.25, 0.3) is 0 Å². The van der Waals surface area contributed by atoms with Crippen molar-refractivity contribution in [3.05, 3.63) is 0 Å². The highest BCUT2D eigenvalue weighted by Crippen LogP contribution is 2.19. The van der Waals surface area contributed by atoms with Gasteiger partial charge in [-0.05, 0) is 52.7 Å². The van der Waals surface area contributed by atoms with Crippen molar-refractivity contribution < 1.29 is 0 Å². The molecule has 0 unspecified atom stereocenters. The molecule has 2 aliphatic heterocycles. The van der Waals surface area contributed by atoms with Gasteiger partial charge < -0.3 is 9.80 Å². The minimum absolute atomic E-state index is 0.728. The summed E-state index contributed by atoms with van der Waals surface area (Å²) in [5.41, 5.74) is 0. The number of piperazine rings is 1. The third kappa shape index (κ3) is 6.55. The van der Waals surface area contributed by atoms with E-state index in [4.69, 9.17) is 0 Å². The molecule has 0 aromatic rings. The highest BCUT2D eigenvalue weighted by atomic mass is 15.3. The highest BCUT2D eigenvalue weighted by Gasteiger charge is 2.27. The molecule has 0 aliphatic carbocycles. The maximum Gasteiger partial charge on any atom is 0.0121 e. The molecule has 0 aromatic heterocycles. The Bertz CT molecular complexity index is 251. The summed E-state index contributed by atoms with van der Waals surface area (Å²) in [4.78, 5) is 8.08. The Balaban J connectivity index is 0.00000116. The smallest absolute Gasteiger partial charge is 0.0121 e. The fourth-order valence-electron chi connectivity index (χ4n) is 3.70. The molecule has 0 radical (unpaired) electrons. The van der Waals surface area contributed by atoms with Crippen molar-refractivity contribution in [1.82, 2.24) is 14.7 Å². The molecule has 0 atom stereocenters. The molecule has 0 spiro atoms. The van der Waals surface area contributed by atoms with Crippen molar-refractivity contribution in [3.63, 3.8) is 0 Å². The van der Waals surface area contributed by atoms with E-state index < -0.39 is 0 Å². The molecular formula is C19H41N3. The average Bonchev–Trinajstić information content (AvgIpc) is 2.58. The van der Waals surface area contributed by atoms with Crippen molar-refractivity contribution in [2.75, 3.05) is 45.8 Å². The number of hydrogen-bond donors (Lipinski definition) is 0. The van der Waals surface area contributed by atoms with Gasteiger partial charge in [-0.25, -0.2) is 0 Å². The summed E-state index contributed by atoms with van der Waals surface area (Å²) < 4.78 is 0. The average molecular weight is 312 g/mol. The summed E-state index contributed by atoms with van der Waals surface area (Å²) in [5.74, 6) is 0. The Morgan fingerprint density at radius 1 is 0.864 bits per heavy atom. The molecule has 2 rings (SSSR count). The van der Waals surface area contributed by atoms with E-state index in [1.807, 2.05) is 13.8 Å². The largest absolute Gasteiger partial charge is 0.301 e. The predicted octanol–water partition coefficient (Wildman–Crippen LogP) is 3.69. The predicted molar refractivity (Wildman–Crippen MR) is 98.6 cm³/mol. The molecular weight excluding hydrogens is 270 g/mol. The van der Waals surface area contributed by atoms with Gasteiger partial charge in [-0.1, -0.05) is 33.6 Å². The second kappa shape index (κ2) is 11.4. The summed E-state index contributed by atoms with van der Waals surface area (Å²) >= 11 is 0. The molecule has 3 nitrogen and oxygen atoms in total. The molecule has 0 amide bonds. The van der Waals surface area contributed by atoms with E-state index in [0.29, 0.717) is 0 Å². The molecule has 0 aromatic carbocycles. The van der Waals surface area contributed by atoms with Crippen molar-refractivity contribution in [3.8, 4) is 0 Å². The van der Waals surface area contributed by atoms with Crippen molar-refractivity contribution in [2.45, 2.75) is 78.8 Å². The van der Waals surface area contributed by atoms with Gasteiger partial charge in [0.2, 0.25) is 0 Å². The highest BCUT2D eigenvalue weighted by molar-refractivity contribution is 4.84. The molecule has 2 fully saturated rings. The quantitative estimate of drug-likeness (QED) is 0.693. The van der Waals surface area contributed by atoms with Crippen LogP contribution in [0.3, 0.4) is 0 Å². The van der Waals surface area contributed by atoms with Crippen LogP contribution in [-0.2, 0) is 0 Å². The number of likely N-dealkylation sites (tertiary alicyclic amines) is 1. The van der Waals surface area contributed by atoms with Gasteiger partial charge in [0, 0.05) is 38.3 Å². The first-order valence-corrected chi connectivity index (χ1v) is 9.91. The normalized spacial score (nSPS) is 22.6. The summed E-state index contributed by atoms with van der Waals surface area (Å²) in [6.07, 6.45) is 6.90. The van der Waals surface area contributed by atoms with Gasteiger partial charge in [0.05, 0.1) is 0 Å². The van der Waals surface area contributed by atoms with E-state index in [0.717, 1.165) is 12.1 Å². The van der Waals surface area contributed by atoms with E-state index in [-0.39, 0.29) is 0 Å². The van der Waals surface area contributed by atoms with Crippen LogP contribution in [0.1, 0.15) is 66.7 Å². The first-order valence-electron chi connectivity index (χ1n) is 9.91.